The van der Waals surface area contributed by atoms with Crippen LogP contribution in [0.15, 0.2) is 18.2 Å². The van der Waals surface area contributed by atoms with Gasteiger partial charge in [0.05, 0.1) is 11.4 Å². The molecular weight excluding hydrogens is 240 g/mol. The number of hydrogen-bond donors (Lipinski definition) is 2. The second-order valence-corrected chi connectivity index (χ2v) is 5.31. The molecule has 19 heavy (non-hydrogen) atoms. The van der Waals surface area contributed by atoms with E-state index >= 15 is 0 Å². The molecule has 0 bridgehead atoms. The molecule has 1 aromatic carbocycles. The summed E-state index contributed by atoms with van der Waals surface area (Å²) in [6.07, 6.45) is 1.14. The maximum Gasteiger partial charge on any atom is 0.221 e. The van der Waals surface area contributed by atoms with E-state index in [0.29, 0.717) is 11.7 Å². The number of anilines is 3. The van der Waals surface area contributed by atoms with Crippen LogP contribution >= 0.6 is 0 Å². The zero-order valence-electron chi connectivity index (χ0n) is 11.8. The molecule has 1 amide bonds. The largest absolute Gasteiger partial charge is 0.399 e. The summed E-state index contributed by atoms with van der Waals surface area (Å²) in [6, 6.07) is 6.24. The van der Waals surface area contributed by atoms with E-state index < -0.39 is 0 Å². The molecule has 0 unspecified atom stereocenters. The Morgan fingerprint density at radius 3 is 2.79 bits per heavy atom. The van der Waals surface area contributed by atoms with Crippen LogP contribution < -0.4 is 16.0 Å². The highest BCUT2D eigenvalue weighted by Crippen LogP contribution is 2.31. The summed E-state index contributed by atoms with van der Waals surface area (Å²) in [5.74, 6) is -0.0739. The van der Waals surface area contributed by atoms with Gasteiger partial charge in [0.2, 0.25) is 5.91 Å². The van der Waals surface area contributed by atoms with Crippen molar-refractivity contribution < 1.29 is 4.79 Å². The molecule has 3 N–H and O–H groups in total. The van der Waals surface area contributed by atoms with Crippen LogP contribution in [0.25, 0.3) is 0 Å². The van der Waals surface area contributed by atoms with Crippen LogP contribution in [0.1, 0.15) is 13.3 Å². The van der Waals surface area contributed by atoms with Crippen molar-refractivity contribution in [1.82, 2.24) is 4.90 Å². The maximum atomic E-state index is 11.3. The summed E-state index contributed by atoms with van der Waals surface area (Å²) >= 11 is 0. The summed E-state index contributed by atoms with van der Waals surface area (Å²) < 4.78 is 0. The zero-order valence-corrected chi connectivity index (χ0v) is 11.8. The van der Waals surface area contributed by atoms with Gasteiger partial charge in [0.15, 0.2) is 0 Å². The fourth-order valence-electron chi connectivity index (χ4n) is 2.50. The minimum absolute atomic E-state index is 0.0739. The Balaban J connectivity index is 2.22. The van der Waals surface area contributed by atoms with Gasteiger partial charge in [-0.1, -0.05) is 0 Å². The molecule has 1 fully saturated rings. The highest BCUT2D eigenvalue weighted by molar-refractivity contribution is 5.93. The number of nitrogens with zero attached hydrogens (tertiary/aromatic N) is 2. The first-order valence-electron chi connectivity index (χ1n) is 6.56. The van der Waals surface area contributed by atoms with Crippen molar-refractivity contribution in [2.45, 2.75) is 19.4 Å². The Bertz CT molecular complexity index is 473. The maximum absolute atomic E-state index is 11.3. The number of likely N-dealkylation sites (N-methyl/N-ethyl adjacent to an activating group) is 1. The van der Waals surface area contributed by atoms with Crippen LogP contribution in [-0.4, -0.2) is 44.0 Å². The fourth-order valence-corrected chi connectivity index (χ4v) is 2.50. The van der Waals surface area contributed by atoms with Crippen LogP contribution in [0.3, 0.4) is 0 Å². The van der Waals surface area contributed by atoms with Crippen LogP contribution in [0.4, 0.5) is 17.1 Å². The molecule has 0 aromatic heterocycles. The first-order chi connectivity index (χ1) is 8.97. The number of nitrogen functional groups attached to an aromatic ring is 1. The van der Waals surface area contributed by atoms with E-state index in [1.807, 2.05) is 18.2 Å². The number of rotatable bonds is 3. The number of benzene rings is 1. The predicted molar refractivity (Wildman–Crippen MR) is 79.5 cm³/mol. The van der Waals surface area contributed by atoms with E-state index in [2.05, 4.69) is 29.2 Å². The molecule has 2 rings (SSSR count). The van der Waals surface area contributed by atoms with Crippen molar-refractivity contribution in [3.8, 4) is 0 Å². The normalized spacial score (nSPS) is 18.9. The van der Waals surface area contributed by atoms with Gasteiger partial charge in [-0.05, 0) is 38.7 Å². The number of carbonyl (C=O) groups excluding carboxylic acids is 1. The van der Waals surface area contributed by atoms with E-state index in [0.717, 1.165) is 30.9 Å². The Hall–Kier alpha value is -1.75. The van der Waals surface area contributed by atoms with E-state index in [4.69, 9.17) is 5.73 Å². The van der Waals surface area contributed by atoms with Crippen molar-refractivity contribution in [3.63, 3.8) is 0 Å². The molecule has 5 nitrogen and oxygen atoms in total. The summed E-state index contributed by atoms with van der Waals surface area (Å²) in [4.78, 5) is 15.8. The van der Waals surface area contributed by atoms with Crippen LogP contribution in [-0.2, 0) is 4.79 Å². The third kappa shape index (κ3) is 3.17. The highest BCUT2D eigenvalue weighted by atomic mass is 16.1. The van der Waals surface area contributed by atoms with Gasteiger partial charge < -0.3 is 20.9 Å². The lowest BCUT2D eigenvalue weighted by Gasteiger charge is -2.24. The second-order valence-electron chi connectivity index (χ2n) is 5.31. The van der Waals surface area contributed by atoms with Gasteiger partial charge in [0, 0.05) is 31.7 Å². The molecule has 1 aromatic rings. The fraction of sp³-hybridized carbons (Fsp3) is 0.500. The zero-order chi connectivity index (χ0) is 14.0. The van der Waals surface area contributed by atoms with E-state index in [9.17, 15) is 4.79 Å². The summed E-state index contributed by atoms with van der Waals surface area (Å²) in [6.45, 7) is 3.49. The molecular formula is C14H22N4O. The molecule has 0 radical (unpaired) electrons. The van der Waals surface area contributed by atoms with Gasteiger partial charge in [-0.3, -0.25) is 4.79 Å². The Morgan fingerprint density at radius 2 is 2.21 bits per heavy atom. The van der Waals surface area contributed by atoms with E-state index in [-0.39, 0.29) is 5.91 Å². The van der Waals surface area contributed by atoms with Crippen LogP contribution in [0.2, 0.25) is 0 Å². The van der Waals surface area contributed by atoms with Crippen LogP contribution in [0, 0.1) is 0 Å². The van der Waals surface area contributed by atoms with E-state index in [1.165, 1.54) is 6.92 Å². The molecule has 5 heteroatoms. The molecule has 1 aliphatic heterocycles. The predicted octanol–water partition coefficient (Wildman–Crippen LogP) is 1.37. The SMILES string of the molecule is CC(=O)Nc1cc(N)ccc1N1CC[C@H](N(C)C)C1. The van der Waals surface area contributed by atoms with Crippen molar-refractivity contribution in [2.24, 2.45) is 0 Å². The molecule has 1 atom stereocenters. The van der Waals surface area contributed by atoms with Gasteiger partial charge in [-0.2, -0.15) is 0 Å². The van der Waals surface area contributed by atoms with Crippen molar-refractivity contribution >= 4 is 23.0 Å². The summed E-state index contributed by atoms with van der Waals surface area (Å²) in [5, 5.41) is 2.86. The van der Waals surface area contributed by atoms with Crippen LogP contribution in [0.5, 0.6) is 0 Å². The molecule has 0 aliphatic carbocycles. The molecule has 104 valence electrons. The Kier molecular flexibility index (Phi) is 3.95. The third-order valence-corrected chi connectivity index (χ3v) is 3.57. The lowest BCUT2D eigenvalue weighted by Crippen LogP contribution is -2.31. The molecule has 1 saturated heterocycles. The topological polar surface area (TPSA) is 61.6 Å². The van der Waals surface area contributed by atoms with Crippen molar-refractivity contribution in [2.75, 3.05) is 43.1 Å². The third-order valence-electron chi connectivity index (χ3n) is 3.57. The minimum Gasteiger partial charge on any atom is -0.399 e. The summed E-state index contributed by atoms with van der Waals surface area (Å²) in [5.41, 5.74) is 8.31. The molecule has 1 heterocycles. The quantitative estimate of drug-likeness (QED) is 0.808. The molecule has 1 aliphatic rings. The Labute approximate surface area is 114 Å². The van der Waals surface area contributed by atoms with E-state index in [1.54, 1.807) is 0 Å². The molecule has 0 saturated carbocycles. The highest BCUT2D eigenvalue weighted by Gasteiger charge is 2.25. The standard InChI is InChI=1S/C14H22N4O/c1-10(19)16-13-8-11(15)4-5-14(13)18-7-6-12(9-18)17(2)3/h4-5,8,12H,6-7,9,15H2,1-3H3,(H,16,19)/t12-/m0/s1. The Morgan fingerprint density at radius 1 is 1.47 bits per heavy atom. The average Bonchev–Trinajstić information content (AvgIpc) is 2.77. The first-order valence-corrected chi connectivity index (χ1v) is 6.56. The monoisotopic (exact) mass is 262 g/mol. The number of amides is 1. The minimum atomic E-state index is -0.0739. The summed E-state index contributed by atoms with van der Waals surface area (Å²) in [7, 11) is 4.21. The average molecular weight is 262 g/mol. The lowest BCUT2D eigenvalue weighted by atomic mass is 10.2. The first kappa shape index (κ1) is 13.7. The van der Waals surface area contributed by atoms with Gasteiger partial charge in [0.25, 0.3) is 0 Å². The van der Waals surface area contributed by atoms with Crippen molar-refractivity contribution in [1.29, 1.82) is 0 Å². The number of hydrogen-bond acceptors (Lipinski definition) is 4. The van der Waals surface area contributed by atoms with Gasteiger partial charge in [-0.25, -0.2) is 0 Å². The van der Waals surface area contributed by atoms with Gasteiger partial charge in [-0.15, -0.1) is 0 Å². The number of nitrogens with two attached hydrogens (primary N) is 1. The second kappa shape index (κ2) is 5.48. The van der Waals surface area contributed by atoms with Crippen molar-refractivity contribution in [3.05, 3.63) is 18.2 Å². The lowest BCUT2D eigenvalue weighted by molar-refractivity contribution is -0.114. The number of nitrogens with one attached hydrogen (secondary N) is 1. The molecule has 0 spiro atoms. The smallest absolute Gasteiger partial charge is 0.221 e. The van der Waals surface area contributed by atoms with Gasteiger partial charge >= 0.3 is 0 Å². The van der Waals surface area contributed by atoms with Gasteiger partial charge in [0.1, 0.15) is 0 Å². The number of carbonyl (C=O) groups is 1.